The maximum Gasteiger partial charge on any atom is 0.512 e. The fraction of sp³-hybridized carbons (Fsp3) is 0.143. The average Bonchev–Trinajstić information content (AvgIpc) is 2.15. The zero-order valence-electron chi connectivity index (χ0n) is 6.97. The van der Waals surface area contributed by atoms with Crippen molar-refractivity contribution in [1.82, 2.24) is 0 Å². The topological polar surface area (TPSA) is 6.48 Å². The van der Waals surface area contributed by atoms with Crippen molar-refractivity contribution >= 4 is 11.4 Å². The van der Waals surface area contributed by atoms with Crippen LogP contribution in [0.15, 0.2) is 24.3 Å². The van der Waals surface area contributed by atoms with Crippen LogP contribution in [0.1, 0.15) is 0 Å². The highest BCUT2D eigenvalue weighted by Gasteiger charge is 2.38. The standard InChI is InChI=1S/C7H4F6N2/c8-7(9,10)14(11)5-1-3-6(4-2-5)15(12)13/h1-4H. The van der Waals surface area contributed by atoms with Crippen LogP contribution in [0.4, 0.5) is 38.0 Å². The van der Waals surface area contributed by atoms with Crippen LogP contribution in [0, 0.1) is 0 Å². The van der Waals surface area contributed by atoms with Crippen LogP contribution in [0.2, 0.25) is 0 Å². The van der Waals surface area contributed by atoms with Gasteiger partial charge in [0.25, 0.3) is 0 Å². The second-order valence-corrected chi connectivity index (χ2v) is 2.50. The van der Waals surface area contributed by atoms with E-state index in [1.807, 2.05) is 0 Å². The Morgan fingerprint density at radius 2 is 1.20 bits per heavy atom. The summed E-state index contributed by atoms with van der Waals surface area (Å²) in [7, 11) is 0. The Kier molecular flexibility index (Phi) is 2.96. The van der Waals surface area contributed by atoms with E-state index in [4.69, 9.17) is 0 Å². The van der Waals surface area contributed by atoms with E-state index in [1.54, 1.807) is 0 Å². The Bertz CT molecular complexity index is 319. The molecule has 0 aromatic heterocycles. The summed E-state index contributed by atoms with van der Waals surface area (Å²) in [6.07, 6.45) is -5.19. The molecule has 0 bridgehead atoms. The summed E-state index contributed by atoms with van der Waals surface area (Å²) in [4.78, 5) is 0. The Morgan fingerprint density at radius 1 is 0.800 bits per heavy atom. The van der Waals surface area contributed by atoms with Gasteiger partial charge in [-0.3, -0.25) is 0 Å². The van der Waals surface area contributed by atoms with Crippen molar-refractivity contribution in [3.05, 3.63) is 24.3 Å². The number of halogens is 6. The number of nitrogens with zero attached hydrogens (tertiary/aromatic N) is 2. The van der Waals surface area contributed by atoms with Gasteiger partial charge in [0, 0.05) is 0 Å². The largest absolute Gasteiger partial charge is 0.512 e. The first-order chi connectivity index (χ1) is 6.82. The molecule has 0 heterocycles. The smallest absolute Gasteiger partial charge is 0.148 e. The molecule has 0 radical (unpaired) electrons. The second-order valence-electron chi connectivity index (χ2n) is 2.50. The molecule has 1 rings (SSSR count). The molecular weight excluding hydrogens is 226 g/mol. The molecule has 2 nitrogen and oxygen atoms in total. The Labute approximate surface area is 80.1 Å². The molecule has 0 unspecified atom stereocenters. The third kappa shape index (κ3) is 2.67. The van der Waals surface area contributed by atoms with Crippen LogP contribution in [0.25, 0.3) is 0 Å². The van der Waals surface area contributed by atoms with Gasteiger partial charge in [-0.05, 0) is 29.6 Å². The third-order valence-electron chi connectivity index (χ3n) is 1.49. The summed E-state index contributed by atoms with van der Waals surface area (Å²) in [5.74, 6) is 0. The molecule has 15 heavy (non-hydrogen) atoms. The molecule has 1 aromatic carbocycles. The number of benzene rings is 1. The molecule has 0 saturated carbocycles. The highest BCUT2D eigenvalue weighted by molar-refractivity contribution is 5.53. The highest BCUT2D eigenvalue weighted by atomic mass is 19.4. The molecule has 0 aliphatic heterocycles. The molecule has 8 heteroatoms. The first-order valence-electron chi connectivity index (χ1n) is 3.57. The average molecular weight is 230 g/mol. The first kappa shape index (κ1) is 11.5. The van der Waals surface area contributed by atoms with Gasteiger partial charge in [0.15, 0.2) is 0 Å². The normalized spacial score (nSPS) is 11.3. The third-order valence-corrected chi connectivity index (χ3v) is 1.49. The number of hydrogen-bond acceptors (Lipinski definition) is 2. The van der Waals surface area contributed by atoms with Crippen LogP contribution < -0.4 is 10.5 Å². The minimum atomic E-state index is -5.19. The lowest BCUT2D eigenvalue weighted by Crippen LogP contribution is -2.30. The summed E-state index contributed by atoms with van der Waals surface area (Å²) in [6, 6.07) is 2.51. The number of alkyl halides is 3. The van der Waals surface area contributed by atoms with Gasteiger partial charge in [0.1, 0.15) is 5.69 Å². The Hall–Kier alpha value is -1.60. The van der Waals surface area contributed by atoms with E-state index in [0.717, 1.165) is 0 Å². The van der Waals surface area contributed by atoms with Gasteiger partial charge >= 0.3 is 6.30 Å². The van der Waals surface area contributed by atoms with E-state index < -0.39 is 28.1 Å². The van der Waals surface area contributed by atoms with Gasteiger partial charge in [-0.15, -0.1) is 18.3 Å². The summed E-state index contributed by atoms with van der Waals surface area (Å²) >= 11 is 0. The van der Waals surface area contributed by atoms with E-state index in [9.17, 15) is 26.6 Å². The summed E-state index contributed by atoms with van der Waals surface area (Å²) in [5, 5.41) is -2.75. The van der Waals surface area contributed by atoms with Crippen LogP contribution in [0.5, 0.6) is 0 Å². The second kappa shape index (κ2) is 3.87. The summed E-state index contributed by atoms with van der Waals surface area (Å²) in [5.41, 5.74) is -1.50. The predicted octanol–water partition coefficient (Wildman–Crippen LogP) is 3.47. The molecular formula is C7H4F6N2. The molecule has 0 fully saturated rings. The predicted molar refractivity (Wildman–Crippen MR) is 40.8 cm³/mol. The van der Waals surface area contributed by atoms with Crippen molar-refractivity contribution in [2.45, 2.75) is 6.30 Å². The van der Waals surface area contributed by atoms with Crippen LogP contribution in [-0.4, -0.2) is 6.30 Å². The lowest BCUT2D eigenvalue weighted by atomic mass is 10.3. The van der Waals surface area contributed by atoms with Crippen LogP contribution in [-0.2, 0) is 0 Å². The molecule has 0 atom stereocenters. The van der Waals surface area contributed by atoms with Crippen molar-refractivity contribution in [2.24, 2.45) is 0 Å². The van der Waals surface area contributed by atoms with Gasteiger partial charge in [0.05, 0.1) is 5.69 Å². The maximum absolute atomic E-state index is 12.5. The Morgan fingerprint density at radius 3 is 1.53 bits per heavy atom. The first-order valence-corrected chi connectivity index (χ1v) is 3.57. The molecule has 0 spiro atoms. The van der Waals surface area contributed by atoms with Gasteiger partial charge in [-0.2, -0.15) is 0 Å². The molecule has 0 aliphatic carbocycles. The quantitative estimate of drug-likeness (QED) is 0.436. The minimum Gasteiger partial charge on any atom is -0.148 e. The molecule has 0 aliphatic rings. The highest BCUT2D eigenvalue weighted by Crippen LogP contribution is 2.30. The number of rotatable bonds is 2. The van der Waals surface area contributed by atoms with E-state index >= 15 is 0 Å². The Balaban J connectivity index is 2.89. The lowest BCUT2D eigenvalue weighted by Gasteiger charge is -2.16. The van der Waals surface area contributed by atoms with Gasteiger partial charge in [-0.1, -0.05) is 13.4 Å². The van der Waals surface area contributed by atoms with Crippen LogP contribution in [0.3, 0.4) is 0 Å². The maximum atomic E-state index is 12.5. The van der Waals surface area contributed by atoms with E-state index in [1.165, 1.54) is 0 Å². The van der Waals surface area contributed by atoms with Gasteiger partial charge < -0.3 is 0 Å². The fourth-order valence-corrected chi connectivity index (χ4v) is 0.843. The molecule has 0 N–H and O–H groups in total. The molecule has 84 valence electrons. The zero-order chi connectivity index (χ0) is 11.6. The monoisotopic (exact) mass is 230 g/mol. The zero-order valence-corrected chi connectivity index (χ0v) is 6.97. The number of hydrogen-bond donors (Lipinski definition) is 0. The molecule has 1 aromatic rings. The summed E-state index contributed by atoms with van der Waals surface area (Å²) in [6.45, 7) is 0. The van der Waals surface area contributed by atoms with Crippen molar-refractivity contribution < 1.29 is 26.6 Å². The van der Waals surface area contributed by atoms with E-state index in [-0.39, 0.29) is 0 Å². The fourth-order valence-electron chi connectivity index (χ4n) is 0.843. The van der Waals surface area contributed by atoms with Crippen molar-refractivity contribution in [3.8, 4) is 0 Å². The van der Waals surface area contributed by atoms with E-state index in [0.29, 0.717) is 24.3 Å². The van der Waals surface area contributed by atoms with Crippen molar-refractivity contribution in [2.75, 3.05) is 10.5 Å². The van der Waals surface area contributed by atoms with Crippen LogP contribution >= 0.6 is 0 Å². The minimum absolute atomic E-state index is 0.592. The van der Waals surface area contributed by atoms with Gasteiger partial charge in [-0.25, -0.2) is 0 Å². The molecule has 0 saturated heterocycles. The van der Waals surface area contributed by atoms with Crippen molar-refractivity contribution in [1.29, 1.82) is 0 Å². The SMILES string of the molecule is FN(F)c1ccc(N(F)C(F)(F)F)cc1. The van der Waals surface area contributed by atoms with E-state index in [2.05, 4.69) is 0 Å². The number of anilines is 2. The molecule has 0 amide bonds. The van der Waals surface area contributed by atoms with Gasteiger partial charge in [0.2, 0.25) is 0 Å². The summed E-state index contributed by atoms with van der Waals surface area (Å²) < 4.78 is 71.5. The lowest BCUT2D eigenvalue weighted by molar-refractivity contribution is -0.157. The van der Waals surface area contributed by atoms with Crippen molar-refractivity contribution in [3.63, 3.8) is 0 Å².